The lowest BCUT2D eigenvalue weighted by atomic mass is 10.7. The molecule has 0 aliphatic rings. The van der Waals surface area contributed by atoms with Crippen molar-refractivity contribution < 1.29 is 4.74 Å². The fourth-order valence-electron chi connectivity index (χ4n) is 0.877. The number of nitrogens with two attached hydrogens (primary N) is 1. The van der Waals surface area contributed by atoms with Crippen LogP contribution >= 0.6 is 11.8 Å². The zero-order valence-electron chi connectivity index (χ0n) is 7.77. The van der Waals surface area contributed by atoms with E-state index in [4.69, 9.17) is 10.5 Å². The maximum Gasteiger partial charge on any atom is 0.0625 e. The van der Waals surface area contributed by atoms with Crippen molar-refractivity contribution in [2.24, 2.45) is 12.8 Å². The van der Waals surface area contributed by atoms with E-state index in [0.717, 1.165) is 12.4 Å². The third-order valence-corrected chi connectivity index (χ3v) is 2.35. The second-order valence-corrected chi connectivity index (χ2v) is 3.77. The van der Waals surface area contributed by atoms with Gasteiger partial charge >= 0.3 is 0 Å². The number of thioether (sulfide) groups is 1. The maximum absolute atomic E-state index is 5.28. The summed E-state index contributed by atoms with van der Waals surface area (Å²) in [5, 5.41) is 4.07. The summed E-state index contributed by atoms with van der Waals surface area (Å²) in [4.78, 5) is 1.18. The van der Waals surface area contributed by atoms with Gasteiger partial charge in [0.2, 0.25) is 0 Å². The Morgan fingerprint density at radius 3 is 3.08 bits per heavy atom. The average Bonchev–Trinajstić information content (AvgIpc) is 2.51. The van der Waals surface area contributed by atoms with E-state index < -0.39 is 0 Å². The van der Waals surface area contributed by atoms with Crippen LogP contribution in [-0.2, 0) is 11.8 Å². The van der Waals surface area contributed by atoms with E-state index in [9.17, 15) is 0 Å². The Labute approximate surface area is 82.4 Å². The van der Waals surface area contributed by atoms with Crippen molar-refractivity contribution in [2.75, 3.05) is 25.5 Å². The minimum absolute atomic E-state index is 0.595. The third kappa shape index (κ3) is 4.31. The van der Waals surface area contributed by atoms with Gasteiger partial charge in [-0.25, -0.2) is 0 Å². The highest BCUT2D eigenvalue weighted by Crippen LogP contribution is 2.15. The van der Waals surface area contributed by atoms with E-state index in [0.29, 0.717) is 13.2 Å². The Hall–Kier alpha value is -0.520. The predicted molar refractivity (Wildman–Crippen MR) is 53.8 cm³/mol. The van der Waals surface area contributed by atoms with Crippen molar-refractivity contribution in [3.05, 3.63) is 12.4 Å². The molecule has 1 heterocycles. The summed E-state index contributed by atoms with van der Waals surface area (Å²) in [7, 11) is 1.91. The SMILES string of the molecule is Cn1cc(SCCOCCN)cn1. The molecule has 0 unspecified atom stereocenters. The van der Waals surface area contributed by atoms with Crippen molar-refractivity contribution >= 4 is 11.8 Å². The van der Waals surface area contributed by atoms with Crippen molar-refractivity contribution in [1.82, 2.24) is 9.78 Å². The topological polar surface area (TPSA) is 53.1 Å². The summed E-state index contributed by atoms with van der Waals surface area (Å²) in [6.45, 7) is 1.99. The average molecular weight is 201 g/mol. The van der Waals surface area contributed by atoms with Gasteiger partial charge < -0.3 is 10.5 Å². The molecule has 0 bridgehead atoms. The highest BCUT2D eigenvalue weighted by atomic mass is 32.2. The molecule has 1 aromatic rings. The molecule has 2 N–H and O–H groups in total. The van der Waals surface area contributed by atoms with Crippen LogP contribution in [-0.4, -0.2) is 35.3 Å². The van der Waals surface area contributed by atoms with Gasteiger partial charge in [-0.15, -0.1) is 11.8 Å². The number of hydrogen-bond donors (Lipinski definition) is 1. The van der Waals surface area contributed by atoms with Crippen LogP contribution in [0.25, 0.3) is 0 Å². The van der Waals surface area contributed by atoms with Gasteiger partial charge in [0.25, 0.3) is 0 Å². The van der Waals surface area contributed by atoms with Crippen LogP contribution in [0.5, 0.6) is 0 Å². The molecule has 0 amide bonds. The summed E-state index contributed by atoms with van der Waals surface area (Å²) in [5.74, 6) is 0.950. The molecule has 13 heavy (non-hydrogen) atoms. The lowest BCUT2D eigenvalue weighted by Crippen LogP contribution is -2.09. The molecule has 0 spiro atoms. The van der Waals surface area contributed by atoms with Crippen molar-refractivity contribution in [3.8, 4) is 0 Å². The Morgan fingerprint density at radius 1 is 1.62 bits per heavy atom. The summed E-state index contributed by atoms with van der Waals surface area (Å²) in [6, 6.07) is 0. The summed E-state index contributed by atoms with van der Waals surface area (Å²) in [5.41, 5.74) is 5.28. The summed E-state index contributed by atoms with van der Waals surface area (Å²) in [6.07, 6.45) is 3.85. The molecule has 1 aromatic heterocycles. The molecular formula is C8H15N3OS. The molecule has 0 saturated heterocycles. The molecule has 5 heteroatoms. The van der Waals surface area contributed by atoms with E-state index in [1.165, 1.54) is 4.90 Å². The largest absolute Gasteiger partial charge is 0.379 e. The highest BCUT2D eigenvalue weighted by Gasteiger charge is 1.95. The van der Waals surface area contributed by atoms with Crippen molar-refractivity contribution in [1.29, 1.82) is 0 Å². The molecule has 0 atom stereocenters. The highest BCUT2D eigenvalue weighted by molar-refractivity contribution is 7.99. The van der Waals surface area contributed by atoms with Gasteiger partial charge in [-0.2, -0.15) is 5.10 Å². The van der Waals surface area contributed by atoms with Gasteiger partial charge in [0.1, 0.15) is 0 Å². The van der Waals surface area contributed by atoms with Gasteiger partial charge in [0, 0.05) is 30.4 Å². The monoisotopic (exact) mass is 201 g/mol. The first kappa shape index (κ1) is 10.6. The number of aryl methyl sites for hydroxylation is 1. The zero-order chi connectivity index (χ0) is 9.52. The Bertz CT molecular complexity index is 239. The minimum Gasteiger partial charge on any atom is -0.379 e. The first-order chi connectivity index (χ1) is 6.33. The molecule has 0 aliphatic carbocycles. The Balaban J connectivity index is 2.06. The zero-order valence-corrected chi connectivity index (χ0v) is 8.59. The third-order valence-electron chi connectivity index (χ3n) is 1.44. The van der Waals surface area contributed by atoms with Crippen molar-refractivity contribution in [3.63, 3.8) is 0 Å². The lowest BCUT2D eigenvalue weighted by molar-refractivity contribution is 0.158. The first-order valence-corrected chi connectivity index (χ1v) is 5.20. The quantitative estimate of drug-likeness (QED) is 0.537. The van der Waals surface area contributed by atoms with E-state index >= 15 is 0 Å². The van der Waals surface area contributed by atoms with Gasteiger partial charge in [-0.05, 0) is 0 Å². The van der Waals surface area contributed by atoms with Crippen LogP contribution in [0.2, 0.25) is 0 Å². The first-order valence-electron chi connectivity index (χ1n) is 4.22. The second kappa shape index (κ2) is 6.01. The Morgan fingerprint density at radius 2 is 2.46 bits per heavy atom. The number of nitrogens with zero attached hydrogens (tertiary/aromatic N) is 2. The molecule has 0 saturated carbocycles. The molecule has 74 valence electrons. The number of ether oxygens (including phenoxy) is 1. The van der Waals surface area contributed by atoms with Crippen LogP contribution in [0.3, 0.4) is 0 Å². The van der Waals surface area contributed by atoms with Gasteiger partial charge in [-0.3, -0.25) is 4.68 Å². The van der Waals surface area contributed by atoms with E-state index in [1.54, 1.807) is 16.4 Å². The molecule has 0 aromatic carbocycles. The smallest absolute Gasteiger partial charge is 0.0625 e. The number of rotatable bonds is 6. The number of aromatic nitrogens is 2. The second-order valence-electron chi connectivity index (χ2n) is 2.60. The van der Waals surface area contributed by atoms with E-state index in [1.807, 2.05) is 19.4 Å². The summed E-state index contributed by atoms with van der Waals surface area (Å²) < 4.78 is 7.03. The van der Waals surface area contributed by atoms with Crippen LogP contribution in [0.15, 0.2) is 17.3 Å². The Kier molecular flexibility index (Phi) is 4.88. The van der Waals surface area contributed by atoms with Crippen molar-refractivity contribution in [2.45, 2.75) is 4.90 Å². The fraction of sp³-hybridized carbons (Fsp3) is 0.625. The van der Waals surface area contributed by atoms with Gasteiger partial charge in [-0.1, -0.05) is 0 Å². The normalized spacial score (nSPS) is 10.6. The maximum atomic E-state index is 5.28. The van der Waals surface area contributed by atoms with Crippen LogP contribution in [0.4, 0.5) is 0 Å². The predicted octanol–water partition coefficient (Wildman–Crippen LogP) is 0.487. The van der Waals surface area contributed by atoms with Crippen LogP contribution in [0.1, 0.15) is 0 Å². The molecular weight excluding hydrogens is 186 g/mol. The molecule has 1 rings (SSSR count). The lowest BCUT2D eigenvalue weighted by Gasteiger charge is -2.00. The van der Waals surface area contributed by atoms with Gasteiger partial charge in [0.05, 0.1) is 19.4 Å². The molecule has 0 fully saturated rings. The van der Waals surface area contributed by atoms with Crippen LogP contribution in [0, 0.1) is 0 Å². The molecule has 0 aliphatic heterocycles. The fourth-order valence-corrected chi connectivity index (χ4v) is 1.66. The standard InChI is InChI=1S/C8H15N3OS/c1-11-7-8(6-10-11)13-5-4-12-3-2-9/h6-7H,2-5,9H2,1H3. The van der Waals surface area contributed by atoms with E-state index in [2.05, 4.69) is 5.10 Å². The van der Waals surface area contributed by atoms with Gasteiger partial charge in [0.15, 0.2) is 0 Å². The van der Waals surface area contributed by atoms with E-state index in [-0.39, 0.29) is 0 Å². The number of hydrogen-bond acceptors (Lipinski definition) is 4. The summed E-state index contributed by atoms with van der Waals surface area (Å²) >= 11 is 1.74. The molecule has 4 nitrogen and oxygen atoms in total. The molecule has 0 radical (unpaired) electrons. The minimum atomic E-state index is 0.595. The van der Waals surface area contributed by atoms with Crippen LogP contribution < -0.4 is 5.73 Å².